The van der Waals surface area contributed by atoms with Crippen molar-refractivity contribution in [1.29, 1.82) is 0 Å². The van der Waals surface area contributed by atoms with Crippen molar-refractivity contribution in [2.24, 2.45) is 0 Å². The zero-order chi connectivity index (χ0) is 27.6. The summed E-state index contributed by atoms with van der Waals surface area (Å²) in [6, 6.07) is 11.7. The number of carbonyl (C=O) groups excluding carboxylic acids is 2. The fourth-order valence-corrected chi connectivity index (χ4v) is 4.22. The minimum atomic E-state index is -0.390. The predicted octanol–water partition coefficient (Wildman–Crippen LogP) is 2.77. The second kappa shape index (κ2) is 13.9. The number of amides is 2. The van der Waals surface area contributed by atoms with Crippen LogP contribution in [0.15, 0.2) is 54.9 Å². The van der Waals surface area contributed by atoms with Crippen molar-refractivity contribution in [1.82, 2.24) is 14.9 Å². The molecule has 39 heavy (non-hydrogen) atoms. The van der Waals surface area contributed by atoms with Gasteiger partial charge in [0.05, 0.1) is 49.4 Å². The van der Waals surface area contributed by atoms with Crippen LogP contribution in [0.4, 0.5) is 17.3 Å². The van der Waals surface area contributed by atoms with Crippen LogP contribution in [0.25, 0.3) is 0 Å². The topological polar surface area (TPSA) is 129 Å². The van der Waals surface area contributed by atoms with E-state index in [4.69, 9.17) is 26.2 Å². The number of anilines is 3. The van der Waals surface area contributed by atoms with Gasteiger partial charge in [-0.05, 0) is 36.4 Å². The van der Waals surface area contributed by atoms with Crippen molar-refractivity contribution in [2.75, 3.05) is 75.2 Å². The molecule has 2 aromatic heterocycles. The van der Waals surface area contributed by atoms with Crippen LogP contribution in [0, 0.1) is 0 Å². The maximum Gasteiger partial charge on any atom is 0.257 e. The van der Waals surface area contributed by atoms with E-state index in [9.17, 15) is 9.59 Å². The Morgan fingerprint density at radius 1 is 1.00 bits per heavy atom. The average Bonchev–Trinajstić information content (AvgIpc) is 2.97. The van der Waals surface area contributed by atoms with Gasteiger partial charge < -0.3 is 30.1 Å². The van der Waals surface area contributed by atoms with E-state index in [-0.39, 0.29) is 17.5 Å². The highest BCUT2D eigenvalue weighted by Gasteiger charge is 2.20. The summed E-state index contributed by atoms with van der Waals surface area (Å²) in [7, 11) is 1.53. The molecule has 0 unspecified atom stereocenters. The molecule has 206 valence electrons. The first-order valence-electron chi connectivity index (χ1n) is 12.5. The van der Waals surface area contributed by atoms with Gasteiger partial charge in [-0.2, -0.15) is 0 Å². The Labute approximate surface area is 231 Å². The first-order valence-corrected chi connectivity index (χ1v) is 12.9. The first kappa shape index (κ1) is 28.2. The van der Waals surface area contributed by atoms with E-state index >= 15 is 0 Å². The molecule has 3 heterocycles. The van der Waals surface area contributed by atoms with Crippen LogP contribution < -0.4 is 20.3 Å². The fourth-order valence-electron chi connectivity index (χ4n) is 4.03. The Morgan fingerprint density at radius 3 is 2.54 bits per heavy atom. The molecule has 1 saturated heterocycles. The molecule has 11 nitrogen and oxygen atoms in total. The number of pyridine rings is 2. The first-order chi connectivity index (χ1) is 19.0. The van der Waals surface area contributed by atoms with Crippen molar-refractivity contribution >= 4 is 40.7 Å². The van der Waals surface area contributed by atoms with Crippen LogP contribution in [0.5, 0.6) is 5.75 Å². The highest BCUT2D eigenvalue weighted by atomic mass is 35.5. The molecular weight excluding hydrogens is 524 g/mol. The summed E-state index contributed by atoms with van der Waals surface area (Å²) in [5.74, 6) is 0.872. The number of piperazine rings is 1. The van der Waals surface area contributed by atoms with E-state index in [1.165, 1.54) is 19.5 Å². The Morgan fingerprint density at radius 2 is 1.82 bits per heavy atom. The van der Waals surface area contributed by atoms with Crippen LogP contribution >= 0.6 is 11.6 Å². The van der Waals surface area contributed by atoms with Gasteiger partial charge in [0.2, 0.25) is 0 Å². The molecule has 1 aliphatic rings. The van der Waals surface area contributed by atoms with Gasteiger partial charge in [0.15, 0.2) is 0 Å². The minimum absolute atomic E-state index is 0.0248. The lowest BCUT2D eigenvalue weighted by Gasteiger charge is -2.35. The Kier molecular flexibility index (Phi) is 10.0. The van der Waals surface area contributed by atoms with Crippen molar-refractivity contribution < 1.29 is 24.2 Å². The van der Waals surface area contributed by atoms with Crippen molar-refractivity contribution in [3.05, 3.63) is 71.0 Å². The highest BCUT2D eigenvalue weighted by molar-refractivity contribution is 6.34. The number of aliphatic hydroxyl groups is 1. The Bertz CT molecular complexity index is 1270. The lowest BCUT2D eigenvalue weighted by Crippen LogP contribution is -2.47. The Hall–Kier alpha value is -3.77. The van der Waals surface area contributed by atoms with E-state index in [1.54, 1.807) is 42.5 Å². The molecule has 0 aliphatic carbocycles. The molecule has 0 spiro atoms. The average molecular weight is 555 g/mol. The quantitative estimate of drug-likeness (QED) is 0.306. The van der Waals surface area contributed by atoms with Crippen LogP contribution in [0.1, 0.15) is 20.7 Å². The molecule has 3 aromatic rings. The summed E-state index contributed by atoms with van der Waals surface area (Å²) in [6.07, 6.45) is 2.94. The van der Waals surface area contributed by atoms with E-state index in [2.05, 4.69) is 30.4 Å². The van der Waals surface area contributed by atoms with Gasteiger partial charge in [0, 0.05) is 44.5 Å². The van der Waals surface area contributed by atoms with E-state index < -0.39 is 5.91 Å². The van der Waals surface area contributed by atoms with Crippen molar-refractivity contribution in [3.63, 3.8) is 0 Å². The van der Waals surface area contributed by atoms with Gasteiger partial charge >= 0.3 is 0 Å². The number of carbonyl (C=O) groups is 2. The number of nitrogens with zero attached hydrogens (tertiary/aromatic N) is 4. The number of methoxy groups -OCH3 is 1. The van der Waals surface area contributed by atoms with Gasteiger partial charge in [-0.1, -0.05) is 17.7 Å². The number of ether oxygens (including phenoxy) is 2. The number of benzene rings is 1. The predicted molar refractivity (Wildman–Crippen MR) is 149 cm³/mol. The second-order valence-electron chi connectivity index (χ2n) is 8.76. The normalized spacial score (nSPS) is 13.7. The van der Waals surface area contributed by atoms with Gasteiger partial charge in [-0.15, -0.1) is 0 Å². The highest BCUT2D eigenvalue weighted by Crippen LogP contribution is 2.23. The monoisotopic (exact) mass is 554 g/mol. The summed E-state index contributed by atoms with van der Waals surface area (Å²) < 4.78 is 10.5. The number of rotatable bonds is 11. The molecule has 4 rings (SSSR count). The van der Waals surface area contributed by atoms with E-state index in [1.807, 2.05) is 0 Å². The SMILES string of the molecule is COc1cccc(C(=O)Nc2ccc(NC(=O)c3cc(N4CCN(CCOCCO)CC4)ncc3Cl)cn2)c1. The molecule has 3 N–H and O–H groups in total. The number of aliphatic hydroxyl groups excluding tert-OH is 1. The zero-order valence-corrected chi connectivity index (χ0v) is 22.4. The maximum absolute atomic E-state index is 13.0. The molecule has 2 amide bonds. The number of nitrogens with one attached hydrogen (secondary N) is 2. The maximum atomic E-state index is 13.0. The summed E-state index contributed by atoms with van der Waals surface area (Å²) >= 11 is 6.31. The van der Waals surface area contributed by atoms with Crippen LogP contribution in [-0.4, -0.2) is 91.4 Å². The van der Waals surface area contributed by atoms with Crippen LogP contribution in [-0.2, 0) is 4.74 Å². The number of halogens is 1. The summed E-state index contributed by atoms with van der Waals surface area (Å²) in [6.45, 7) is 4.92. The number of hydrogen-bond donors (Lipinski definition) is 3. The molecule has 1 aliphatic heterocycles. The van der Waals surface area contributed by atoms with Gasteiger partial charge in [0.1, 0.15) is 17.4 Å². The summed E-state index contributed by atoms with van der Waals surface area (Å²) in [4.78, 5) is 38.6. The van der Waals surface area contributed by atoms with Crippen LogP contribution in [0.3, 0.4) is 0 Å². The third-order valence-corrected chi connectivity index (χ3v) is 6.47. The Balaban J connectivity index is 1.33. The molecule has 0 saturated carbocycles. The molecular formula is C27H31ClN6O5. The standard InChI is InChI=1S/C27H31ClN6O5/c1-38-21-4-2-3-19(15-21)26(36)32-24-6-5-20(17-29-24)31-27(37)22-16-25(30-18-23(22)28)34-9-7-33(8-10-34)11-13-39-14-12-35/h2-6,15-18,35H,7-14H2,1H3,(H,31,37)(H,29,32,36). The summed E-state index contributed by atoms with van der Waals surface area (Å²) in [5.41, 5.74) is 1.19. The molecule has 1 fully saturated rings. The lowest BCUT2D eigenvalue weighted by molar-refractivity contribution is 0.0724. The zero-order valence-electron chi connectivity index (χ0n) is 21.6. The van der Waals surface area contributed by atoms with Crippen molar-refractivity contribution in [3.8, 4) is 5.75 Å². The van der Waals surface area contributed by atoms with Crippen LogP contribution in [0.2, 0.25) is 5.02 Å². The molecule has 0 radical (unpaired) electrons. The summed E-state index contributed by atoms with van der Waals surface area (Å²) in [5, 5.41) is 14.6. The molecule has 0 bridgehead atoms. The molecule has 1 aromatic carbocycles. The number of hydrogen-bond acceptors (Lipinski definition) is 9. The second-order valence-corrected chi connectivity index (χ2v) is 9.17. The fraction of sp³-hybridized carbons (Fsp3) is 0.333. The van der Waals surface area contributed by atoms with E-state index in [0.29, 0.717) is 47.4 Å². The largest absolute Gasteiger partial charge is 0.497 e. The molecule has 12 heteroatoms. The molecule has 0 atom stereocenters. The van der Waals surface area contributed by atoms with Crippen molar-refractivity contribution in [2.45, 2.75) is 0 Å². The van der Waals surface area contributed by atoms with Gasteiger partial charge in [0.25, 0.3) is 11.8 Å². The van der Waals surface area contributed by atoms with Gasteiger partial charge in [-0.25, -0.2) is 9.97 Å². The minimum Gasteiger partial charge on any atom is -0.497 e. The number of aromatic nitrogens is 2. The lowest BCUT2D eigenvalue weighted by atomic mass is 10.2. The third-order valence-electron chi connectivity index (χ3n) is 6.16. The van der Waals surface area contributed by atoms with E-state index in [0.717, 1.165) is 32.7 Å². The smallest absolute Gasteiger partial charge is 0.257 e. The van der Waals surface area contributed by atoms with Gasteiger partial charge in [-0.3, -0.25) is 14.5 Å². The third kappa shape index (κ3) is 7.87.